The lowest BCUT2D eigenvalue weighted by Gasteiger charge is -2.06. The van der Waals surface area contributed by atoms with E-state index in [9.17, 15) is 4.79 Å². The van der Waals surface area contributed by atoms with E-state index in [0.717, 1.165) is 23.1 Å². The van der Waals surface area contributed by atoms with Gasteiger partial charge < -0.3 is 11.1 Å². The van der Waals surface area contributed by atoms with Gasteiger partial charge in [0.2, 0.25) is 5.91 Å². The van der Waals surface area contributed by atoms with Crippen LogP contribution in [0.1, 0.15) is 21.5 Å². The fourth-order valence-electron chi connectivity index (χ4n) is 1.74. The second kappa shape index (κ2) is 6.50. The van der Waals surface area contributed by atoms with Crippen molar-refractivity contribution < 1.29 is 4.79 Å². The van der Waals surface area contributed by atoms with Crippen LogP contribution in [0.15, 0.2) is 53.0 Å². The van der Waals surface area contributed by atoms with Crippen molar-refractivity contribution in [3.05, 3.63) is 69.7 Å². The van der Waals surface area contributed by atoms with Gasteiger partial charge in [0, 0.05) is 23.1 Å². The zero-order valence-electron chi connectivity index (χ0n) is 10.4. The van der Waals surface area contributed by atoms with Crippen molar-refractivity contribution in [1.82, 2.24) is 5.32 Å². The van der Waals surface area contributed by atoms with E-state index in [1.165, 1.54) is 5.56 Å². The molecule has 0 unspecified atom stereocenters. The van der Waals surface area contributed by atoms with E-state index in [0.29, 0.717) is 5.56 Å². The predicted octanol–water partition coefficient (Wildman–Crippen LogP) is 2.84. The molecule has 2 rings (SSSR count). The lowest BCUT2D eigenvalue weighted by Crippen LogP contribution is -2.13. The first-order chi connectivity index (χ1) is 9.15. The lowest BCUT2D eigenvalue weighted by molar-refractivity contribution is 0.100. The zero-order chi connectivity index (χ0) is 13.7. The number of hydrogen-bond donors (Lipinski definition) is 2. The van der Waals surface area contributed by atoms with E-state index in [4.69, 9.17) is 5.73 Å². The number of benzene rings is 2. The predicted molar refractivity (Wildman–Crippen MR) is 79.6 cm³/mol. The minimum absolute atomic E-state index is 0.394. The number of primary amides is 1. The van der Waals surface area contributed by atoms with Crippen LogP contribution in [-0.2, 0) is 13.1 Å². The van der Waals surface area contributed by atoms with Crippen LogP contribution in [0.2, 0.25) is 0 Å². The molecule has 0 aliphatic rings. The molecule has 98 valence electrons. The minimum atomic E-state index is -0.394. The molecule has 0 fully saturated rings. The van der Waals surface area contributed by atoms with E-state index in [1.807, 2.05) is 24.3 Å². The maximum absolute atomic E-state index is 10.9. The fourth-order valence-corrected chi connectivity index (χ4v) is 2.00. The molecular weight excluding hydrogens is 304 g/mol. The molecule has 0 atom stereocenters. The molecule has 0 heterocycles. The lowest BCUT2D eigenvalue weighted by atomic mass is 10.1. The summed E-state index contributed by atoms with van der Waals surface area (Å²) < 4.78 is 1.08. The molecule has 0 aromatic heterocycles. The first-order valence-corrected chi connectivity index (χ1v) is 6.78. The number of nitrogens with one attached hydrogen (secondary N) is 1. The first kappa shape index (κ1) is 13.8. The molecule has 0 saturated heterocycles. The molecule has 0 spiro atoms. The smallest absolute Gasteiger partial charge is 0.248 e. The Bertz CT molecular complexity index is 549. The largest absolute Gasteiger partial charge is 0.366 e. The van der Waals surface area contributed by atoms with Crippen molar-refractivity contribution >= 4 is 21.8 Å². The maximum atomic E-state index is 10.9. The van der Waals surface area contributed by atoms with Crippen molar-refractivity contribution in [2.75, 3.05) is 0 Å². The summed E-state index contributed by atoms with van der Waals surface area (Å²) >= 11 is 3.41. The highest BCUT2D eigenvalue weighted by Crippen LogP contribution is 2.10. The van der Waals surface area contributed by atoms with Gasteiger partial charge in [-0.3, -0.25) is 4.79 Å². The Kier molecular flexibility index (Phi) is 4.71. The van der Waals surface area contributed by atoms with Crippen molar-refractivity contribution in [3.63, 3.8) is 0 Å². The van der Waals surface area contributed by atoms with Gasteiger partial charge >= 0.3 is 0 Å². The number of hydrogen-bond acceptors (Lipinski definition) is 2. The van der Waals surface area contributed by atoms with E-state index in [2.05, 4.69) is 33.4 Å². The molecule has 3 N–H and O–H groups in total. The average Bonchev–Trinajstić information content (AvgIpc) is 2.41. The van der Waals surface area contributed by atoms with Crippen LogP contribution in [-0.4, -0.2) is 5.91 Å². The van der Waals surface area contributed by atoms with Crippen LogP contribution >= 0.6 is 15.9 Å². The van der Waals surface area contributed by atoms with Crippen LogP contribution < -0.4 is 11.1 Å². The SMILES string of the molecule is NC(=O)c1ccc(CNCc2ccc(Br)cc2)cc1. The second-order valence-corrected chi connectivity index (χ2v) is 5.21. The molecular formula is C15H15BrN2O. The van der Waals surface area contributed by atoms with Gasteiger partial charge in [-0.1, -0.05) is 40.2 Å². The molecule has 1 amide bonds. The first-order valence-electron chi connectivity index (χ1n) is 5.99. The highest BCUT2D eigenvalue weighted by atomic mass is 79.9. The summed E-state index contributed by atoms with van der Waals surface area (Å²) in [7, 11) is 0. The van der Waals surface area contributed by atoms with E-state index < -0.39 is 5.91 Å². The molecule has 0 bridgehead atoms. The Hall–Kier alpha value is -1.65. The maximum Gasteiger partial charge on any atom is 0.248 e. The molecule has 0 aliphatic carbocycles. The van der Waals surface area contributed by atoms with Crippen LogP contribution in [0.4, 0.5) is 0 Å². The number of rotatable bonds is 5. The summed E-state index contributed by atoms with van der Waals surface area (Å²) in [6.45, 7) is 1.57. The Labute approximate surface area is 121 Å². The Morgan fingerprint density at radius 1 is 0.947 bits per heavy atom. The Morgan fingerprint density at radius 3 is 1.89 bits per heavy atom. The molecule has 2 aromatic carbocycles. The van der Waals surface area contributed by atoms with Crippen molar-refractivity contribution in [2.45, 2.75) is 13.1 Å². The standard InChI is InChI=1S/C15H15BrN2O/c16-14-7-3-12(4-8-14)10-18-9-11-1-5-13(6-2-11)15(17)19/h1-8,18H,9-10H2,(H2,17,19). The number of carbonyl (C=O) groups excluding carboxylic acids is 1. The zero-order valence-corrected chi connectivity index (χ0v) is 12.0. The Balaban J connectivity index is 1.85. The van der Waals surface area contributed by atoms with Crippen molar-refractivity contribution in [2.24, 2.45) is 5.73 Å². The Morgan fingerprint density at radius 2 is 1.42 bits per heavy atom. The minimum Gasteiger partial charge on any atom is -0.366 e. The van der Waals surface area contributed by atoms with Crippen LogP contribution in [0.5, 0.6) is 0 Å². The summed E-state index contributed by atoms with van der Waals surface area (Å²) in [5, 5.41) is 3.35. The van der Waals surface area contributed by atoms with Crippen LogP contribution in [0.25, 0.3) is 0 Å². The van der Waals surface area contributed by atoms with Gasteiger partial charge in [-0.25, -0.2) is 0 Å². The molecule has 3 nitrogen and oxygen atoms in total. The summed E-state index contributed by atoms with van der Waals surface area (Å²) in [5.41, 5.74) is 8.09. The summed E-state index contributed by atoms with van der Waals surface area (Å²) in [5.74, 6) is -0.394. The summed E-state index contributed by atoms with van der Waals surface area (Å²) in [6.07, 6.45) is 0. The fraction of sp³-hybridized carbons (Fsp3) is 0.133. The number of amides is 1. The topological polar surface area (TPSA) is 55.1 Å². The average molecular weight is 319 g/mol. The molecule has 0 radical (unpaired) electrons. The van der Waals surface area contributed by atoms with E-state index in [1.54, 1.807) is 12.1 Å². The number of nitrogens with two attached hydrogens (primary N) is 1. The van der Waals surface area contributed by atoms with Gasteiger partial charge in [-0.05, 0) is 35.4 Å². The third-order valence-electron chi connectivity index (χ3n) is 2.81. The van der Waals surface area contributed by atoms with Crippen LogP contribution in [0, 0.1) is 0 Å². The normalized spacial score (nSPS) is 10.4. The molecule has 2 aromatic rings. The van der Waals surface area contributed by atoms with Gasteiger partial charge in [-0.2, -0.15) is 0 Å². The molecule has 0 saturated carbocycles. The molecule has 19 heavy (non-hydrogen) atoms. The van der Waals surface area contributed by atoms with E-state index in [-0.39, 0.29) is 0 Å². The van der Waals surface area contributed by atoms with Gasteiger partial charge in [0.05, 0.1) is 0 Å². The summed E-state index contributed by atoms with van der Waals surface area (Å²) in [4.78, 5) is 10.9. The quantitative estimate of drug-likeness (QED) is 0.890. The monoisotopic (exact) mass is 318 g/mol. The van der Waals surface area contributed by atoms with Crippen molar-refractivity contribution in [3.8, 4) is 0 Å². The van der Waals surface area contributed by atoms with Gasteiger partial charge in [0.25, 0.3) is 0 Å². The van der Waals surface area contributed by atoms with Crippen molar-refractivity contribution in [1.29, 1.82) is 0 Å². The highest BCUT2D eigenvalue weighted by Gasteiger charge is 1.99. The number of carbonyl (C=O) groups is 1. The summed E-state index contributed by atoms with van der Waals surface area (Å²) in [6, 6.07) is 15.5. The van der Waals surface area contributed by atoms with Crippen LogP contribution in [0.3, 0.4) is 0 Å². The van der Waals surface area contributed by atoms with Gasteiger partial charge in [0.15, 0.2) is 0 Å². The van der Waals surface area contributed by atoms with Gasteiger partial charge in [-0.15, -0.1) is 0 Å². The molecule has 0 aliphatic heterocycles. The molecule has 4 heteroatoms. The second-order valence-electron chi connectivity index (χ2n) is 4.29. The third kappa shape index (κ3) is 4.19. The number of halogens is 1. The van der Waals surface area contributed by atoms with E-state index >= 15 is 0 Å². The highest BCUT2D eigenvalue weighted by molar-refractivity contribution is 9.10. The van der Waals surface area contributed by atoms with Gasteiger partial charge in [0.1, 0.15) is 0 Å². The third-order valence-corrected chi connectivity index (χ3v) is 3.34.